The molecule has 1 amide bonds. The van der Waals surface area contributed by atoms with E-state index in [0.717, 1.165) is 42.1 Å². The summed E-state index contributed by atoms with van der Waals surface area (Å²) in [6.45, 7) is 3.80. The van der Waals surface area contributed by atoms with Gasteiger partial charge in [0.1, 0.15) is 5.82 Å². The average molecular weight is 390 g/mol. The summed E-state index contributed by atoms with van der Waals surface area (Å²) in [5.74, 6) is 0.616. The number of nitrogens with one attached hydrogen (secondary N) is 1. The molecule has 0 unspecified atom stereocenters. The first-order chi connectivity index (χ1) is 14.1. The first-order valence-electron chi connectivity index (χ1n) is 10.2. The molecule has 1 aliphatic heterocycles. The summed E-state index contributed by atoms with van der Waals surface area (Å²) in [5, 5.41) is 7.16. The first-order valence-corrected chi connectivity index (χ1v) is 10.2. The number of hydrogen-bond donors (Lipinski definition) is 1. The van der Waals surface area contributed by atoms with Gasteiger partial charge in [0.05, 0.1) is 17.9 Å². The number of piperidine rings is 1. The van der Waals surface area contributed by atoms with E-state index in [1.54, 1.807) is 10.9 Å². The molecule has 1 aromatic carbocycles. The van der Waals surface area contributed by atoms with Gasteiger partial charge >= 0.3 is 0 Å². The maximum atomic E-state index is 12.8. The molecule has 1 aliphatic rings. The molecule has 2 aromatic heterocycles. The lowest BCUT2D eigenvalue weighted by Crippen LogP contribution is -2.33. The lowest BCUT2D eigenvalue weighted by Gasteiger charge is -2.35. The van der Waals surface area contributed by atoms with Crippen LogP contribution in [0.3, 0.4) is 0 Å². The third kappa shape index (κ3) is 4.38. The van der Waals surface area contributed by atoms with Gasteiger partial charge in [-0.15, -0.1) is 0 Å². The van der Waals surface area contributed by atoms with Crippen LogP contribution in [0.15, 0.2) is 54.9 Å². The van der Waals surface area contributed by atoms with E-state index in [1.165, 1.54) is 12.8 Å². The molecule has 1 N–H and O–H groups in total. The van der Waals surface area contributed by atoms with Gasteiger partial charge in [-0.3, -0.25) is 19.4 Å². The van der Waals surface area contributed by atoms with Crippen LogP contribution in [0.4, 0.5) is 5.82 Å². The molecule has 3 aromatic rings. The van der Waals surface area contributed by atoms with E-state index in [1.807, 2.05) is 44.4 Å². The fourth-order valence-electron chi connectivity index (χ4n) is 4.04. The minimum atomic E-state index is -0.113. The molecule has 29 heavy (non-hydrogen) atoms. The van der Waals surface area contributed by atoms with Crippen LogP contribution in [0, 0.1) is 6.92 Å². The zero-order chi connectivity index (χ0) is 20.2. The van der Waals surface area contributed by atoms with Gasteiger partial charge in [-0.25, -0.2) is 0 Å². The number of anilines is 1. The van der Waals surface area contributed by atoms with Crippen molar-refractivity contribution < 1.29 is 4.79 Å². The number of aromatic nitrogens is 3. The minimum Gasteiger partial charge on any atom is -0.307 e. The molecule has 6 heteroatoms. The molecule has 0 spiro atoms. The number of hydrogen-bond acceptors (Lipinski definition) is 4. The quantitative estimate of drug-likeness (QED) is 0.713. The van der Waals surface area contributed by atoms with E-state index in [-0.39, 0.29) is 5.91 Å². The Hall–Kier alpha value is -2.99. The third-order valence-corrected chi connectivity index (χ3v) is 5.57. The van der Waals surface area contributed by atoms with Crippen molar-refractivity contribution in [1.82, 2.24) is 19.7 Å². The highest BCUT2D eigenvalue weighted by atomic mass is 16.1. The van der Waals surface area contributed by atoms with Crippen molar-refractivity contribution in [2.45, 2.75) is 38.8 Å². The maximum absolute atomic E-state index is 12.8. The fourth-order valence-corrected chi connectivity index (χ4v) is 4.04. The van der Waals surface area contributed by atoms with Crippen LogP contribution in [0.1, 0.15) is 52.5 Å². The molecule has 6 nitrogen and oxygen atoms in total. The molecular weight excluding hydrogens is 362 g/mol. The zero-order valence-electron chi connectivity index (χ0n) is 17.0. The van der Waals surface area contributed by atoms with Crippen molar-refractivity contribution >= 4 is 11.7 Å². The summed E-state index contributed by atoms with van der Waals surface area (Å²) in [6, 6.07) is 14.4. The second-order valence-electron chi connectivity index (χ2n) is 7.69. The van der Waals surface area contributed by atoms with Gasteiger partial charge in [0.25, 0.3) is 5.91 Å². The monoisotopic (exact) mass is 389 g/mol. The Balaban J connectivity index is 1.50. The number of benzene rings is 1. The Morgan fingerprint density at radius 2 is 2.10 bits per heavy atom. The molecule has 1 fully saturated rings. The van der Waals surface area contributed by atoms with Crippen molar-refractivity contribution in [1.29, 1.82) is 0 Å². The van der Waals surface area contributed by atoms with Crippen LogP contribution in [-0.2, 0) is 13.6 Å². The van der Waals surface area contributed by atoms with Crippen LogP contribution in [0.2, 0.25) is 0 Å². The predicted molar refractivity (Wildman–Crippen MR) is 114 cm³/mol. The molecule has 0 aliphatic carbocycles. The highest BCUT2D eigenvalue weighted by molar-refractivity contribution is 6.04. The SMILES string of the molecule is Cc1cnn(C)c1NC(=O)c1cccc(CN2CCCC[C@H]2c2ccccn2)c1. The Labute approximate surface area is 171 Å². The average Bonchev–Trinajstić information content (AvgIpc) is 3.07. The maximum Gasteiger partial charge on any atom is 0.256 e. The van der Waals surface area contributed by atoms with Crippen LogP contribution in [-0.4, -0.2) is 32.1 Å². The Bertz CT molecular complexity index is 962. The molecule has 0 saturated carbocycles. The summed E-state index contributed by atoms with van der Waals surface area (Å²) in [5.41, 5.74) is 3.88. The second kappa shape index (κ2) is 8.57. The van der Waals surface area contributed by atoms with Gasteiger partial charge in [-0.1, -0.05) is 24.6 Å². The summed E-state index contributed by atoms with van der Waals surface area (Å²) >= 11 is 0. The summed E-state index contributed by atoms with van der Waals surface area (Å²) < 4.78 is 1.68. The van der Waals surface area contributed by atoms with E-state index in [2.05, 4.69) is 38.5 Å². The molecule has 3 heterocycles. The van der Waals surface area contributed by atoms with Crippen molar-refractivity contribution in [2.24, 2.45) is 7.05 Å². The lowest BCUT2D eigenvalue weighted by molar-refractivity contribution is 0.102. The molecule has 1 saturated heterocycles. The Kier molecular flexibility index (Phi) is 5.71. The van der Waals surface area contributed by atoms with Crippen molar-refractivity contribution in [3.05, 3.63) is 77.2 Å². The van der Waals surface area contributed by atoms with E-state index in [4.69, 9.17) is 0 Å². The predicted octanol–water partition coefficient (Wildman–Crippen LogP) is 4.10. The largest absolute Gasteiger partial charge is 0.307 e. The van der Waals surface area contributed by atoms with Crippen LogP contribution in [0.25, 0.3) is 0 Å². The number of rotatable bonds is 5. The molecular formula is C23H27N5O. The minimum absolute atomic E-state index is 0.113. The van der Waals surface area contributed by atoms with E-state index < -0.39 is 0 Å². The van der Waals surface area contributed by atoms with Crippen molar-refractivity contribution in [3.63, 3.8) is 0 Å². The van der Waals surface area contributed by atoms with Crippen molar-refractivity contribution in [2.75, 3.05) is 11.9 Å². The number of aryl methyl sites for hydroxylation is 2. The highest BCUT2D eigenvalue weighted by Gasteiger charge is 2.25. The fraction of sp³-hybridized carbons (Fsp3) is 0.348. The Morgan fingerprint density at radius 1 is 1.21 bits per heavy atom. The molecule has 0 radical (unpaired) electrons. The van der Waals surface area contributed by atoms with Gasteiger partial charge in [0.15, 0.2) is 0 Å². The number of carbonyl (C=O) groups is 1. The topological polar surface area (TPSA) is 63.1 Å². The molecule has 150 valence electrons. The van der Waals surface area contributed by atoms with E-state index in [0.29, 0.717) is 11.6 Å². The number of nitrogens with zero attached hydrogens (tertiary/aromatic N) is 4. The van der Waals surface area contributed by atoms with Crippen LogP contribution in [0.5, 0.6) is 0 Å². The second-order valence-corrected chi connectivity index (χ2v) is 7.69. The zero-order valence-corrected chi connectivity index (χ0v) is 17.0. The van der Waals surface area contributed by atoms with Crippen LogP contribution >= 0.6 is 0 Å². The summed E-state index contributed by atoms with van der Waals surface area (Å²) in [6.07, 6.45) is 7.16. The number of carbonyl (C=O) groups excluding carboxylic acids is 1. The van der Waals surface area contributed by atoms with Crippen molar-refractivity contribution in [3.8, 4) is 0 Å². The molecule has 0 bridgehead atoms. The lowest BCUT2D eigenvalue weighted by atomic mass is 9.97. The standard InChI is InChI=1S/C23H27N5O/c1-17-15-25-27(2)22(17)26-23(29)19-9-7-8-18(14-19)16-28-13-6-4-11-21(28)20-10-3-5-12-24-20/h3,5,7-10,12,14-15,21H,4,6,11,13,16H2,1-2H3,(H,26,29)/t21-/m0/s1. The van der Waals surface area contributed by atoms with E-state index >= 15 is 0 Å². The van der Waals surface area contributed by atoms with Gasteiger partial charge in [-0.2, -0.15) is 5.10 Å². The smallest absolute Gasteiger partial charge is 0.256 e. The molecule has 1 atom stereocenters. The summed E-state index contributed by atoms with van der Waals surface area (Å²) in [7, 11) is 1.83. The highest BCUT2D eigenvalue weighted by Crippen LogP contribution is 2.31. The van der Waals surface area contributed by atoms with Crippen LogP contribution < -0.4 is 5.32 Å². The normalized spacial score (nSPS) is 17.2. The third-order valence-electron chi connectivity index (χ3n) is 5.57. The van der Waals surface area contributed by atoms with Gasteiger partial charge < -0.3 is 5.32 Å². The number of pyridine rings is 1. The van der Waals surface area contributed by atoms with Gasteiger partial charge in [0.2, 0.25) is 0 Å². The molecule has 4 rings (SSSR count). The first kappa shape index (κ1) is 19.3. The van der Waals surface area contributed by atoms with E-state index in [9.17, 15) is 4.79 Å². The number of amides is 1. The van der Waals surface area contributed by atoms with Gasteiger partial charge in [-0.05, 0) is 56.1 Å². The van der Waals surface area contributed by atoms with Gasteiger partial charge in [0, 0.05) is 30.9 Å². The Morgan fingerprint density at radius 3 is 2.86 bits per heavy atom. The number of likely N-dealkylation sites (tertiary alicyclic amines) is 1. The summed E-state index contributed by atoms with van der Waals surface area (Å²) in [4.78, 5) is 19.8.